The predicted octanol–water partition coefficient (Wildman–Crippen LogP) is 4.03. The van der Waals surface area contributed by atoms with E-state index in [0.29, 0.717) is 17.1 Å². The molecule has 1 heterocycles. The van der Waals surface area contributed by atoms with E-state index in [1.807, 2.05) is 0 Å². The highest BCUT2D eigenvalue weighted by molar-refractivity contribution is 5.99. The number of aromatic nitrogens is 1. The molecule has 120 valence electrons. The third-order valence-electron chi connectivity index (χ3n) is 4.12. The number of nitrogens with zero attached hydrogens (tertiary/aromatic N) is 1. The van der Waals surface area contributed by atoms with E-state index in [1.54, 1.807) is 36.5 Å². The average Bonchev–Trinajstić information content (AvgIpc) is 2.58. The SMILES string of the molecule is O=C(NC1CCCCC1)c1cccnc1Nc1ccccc1F. The first-order valence-corrected chi connectivity index (χ1v) is 8.01. The number of anilines is 2. The molecule has 4 nitrogen and oxygen atoms in total. The molecule has 1 aromatic carbocycles. The first-order valence-electron chi connectivity index (χ1n) is 8.01. The summed E-state index contributed by atoms with van der Waals surface area (Å²) in [6.45, 7) is 0. The van der Waals surface area contributed by atoms with E-state index in [-0.39, 0.29) is 17.8 Å². The van der Waals surface area contributed by atoms with Gasteiger partial charge in [0.1, 0.15) is 11.6 Å². The van der Waals surface area contributed by atoms with Crippen LogP contribution >= 0.6 is 0 Å². The highest BCUT2D eigenvalue weighted by atomic mass is 19.1. The van der Waals surface area contributed by atoms with Crippen molar-refractivity contribution in [1.29, 1.82) is 0 Å². The van der Waals surface area contributed by atoms with Crippen molar-refractivity contribution in [3.63, 3.8) is 0 Å². The van der Waals surface area contributed by atoms with Crippen molar-refractivity contribution in [2.24, 2.45) is 0 Å². The van der Waals surface area contributed by atoms with Crippen molar-refractivity contribution < 1.29 is 9.18 Å². The van der Waals surface area contributed by atoms with E-state index in [9.17, 15) is 9.18 Å². The summed E-state index contributed by atoms with van der Waals surface area (Å²) in [4.78, 5) is 16.7. The van der Waals surface area contributed by atoms with Gasteiger partial charge in [0.05, 0.1) is 11.3 Å². The van der Waals surface area contributed by atoms with Crippen LogP contribution in [0.1, 0.15) is 42.5 Å². The highest BCUT2D eigenvalue weighted by Crippen LogP contribution is 2.22. The Labute approximate surface area is 135 Å². The first-order chi connectivity index (χ1) is 11.2. The van der Waals surface area contributed by atoms with Crippen LogP contribution in [0.3, 0.4) is 0 Å². The molecule has 23 heavy (non-hydrogen) atoms. The summed E-state index contributed by atoms with van der Waals surface area (Å²) in [5.41, 5.74) is 0.735. The van der Waals surface area contributed by atoms with Crippen molar-refractivity contribution in [1.82, 2.24) is 10.3 Å². The fraction of sp³-hybridized carbons (Fsp3) is 0.333. The van der Waals surface area contributed by atoms with Crippen molar-refractivity contribution in [2.75, 3.05) is 5.32 Å². The maximum atomic E-state index is 13.8. The van der Waals surface area contributed by atoms with Crippen LogP contribution in [0.4, 0.5) is 15.9 Å². The second kappa shape index (κ2) is 7.22. The van der Waals surface area contributed by atoms with Crippen LogP contribution in [0.5, 0.6) is 0 Å². The molecule has 0 saturated heterocycles. The number of pyridine rings is 1. The summed E-state index contributed by atoms with van der Waals surface area (Å²) in [6.07, 6.45) is 7.15. The zero-order chi connectivity index (χ0) is 16.1. The van der Waals surface area contributed by atoms with E-state index in [4.69, 9.17) is 0 Å². The topological polar surface area (TPSA) is 54.0 Å². The Kier molecular flexibility index (Phi) is 4.86. The fourth-order valence-corrected chi connectivity index (χ4v) is 2.89. The number of benzene rings is 1. The summed E-state index contributed by atoms with van der Waals surface area (Å²) in [7, 11) is 0. The number of hydrogen-bond acceptors (Lipinski definition) is 3. The quantitative estimate of drug-likeness (QED) is 0.896. The molecular weight excluding hydrogens is 293 g/mol. The van der Waals surface area contributed by atoms with Gasteiger partial charge < -0.3 is 10.6 Å². The normalized spacial score (nSPS) is 15.2. The molecule has 2 N–H and O–H groups in total. The Morgan fingerprint density at radius 1 is 1.09 bits per heavy atom. The lowest BCUT2D eigenvalue weighted by Crippen LogP contribution is -2.36. The van der Waals surface area contributed by atoms with Crippen LogP contribution in [0.15, 0.2) is 42.6 Å². The lowest BCUT2D eigenvalue weighted by Gasteiger charge is -2.23. The second-order valence-electron chi connectivity index (χ2n) is 5.81. The van der Waals surface area contributed by atoms with Crippen molar-refractivity contribution in [3.05, 3.63) is 54.0 Å². The van der Waals surface area contributed by atoms with Crippen LogP contribution in [0, 0.1) is 5.82 Å². The average molecular weight is 313 g/mol. The number of nitrogens with one attached hydrogen (secondary N) is 2. The Hall–Kier alpha value is -2.43. The second-order valence-corrected chi connectivity index (χ2v) is 5.81. The summed E-state index contributed by atoms with van der Waals surface area (Å²) in [6, 6.07) is 9.97. The fourth-order valence-electron chi connectivity index (χ4n) is 2.89. The predicted molar refractivity (Wildman–Crippen MR) is 88.3 cm³/mol. The van der Waals surface area contributed by atoms with E-state index < -0.39 is 0 Å². The van der Waals surface area contributed by atoms with Crippen LogP contribution in [-0.4, -0.2) is 16.9 Å². The van der Waals surface area contributed by atoms with Gasteiger partial charge in [-0.25, -0.2) is 9.37 Å². The molecule has 1 amide bonds. The minimum atomic E-state index is -0.378. The highest BCUT2D eigenvalue weighted by Gasteiger charge is 2.19. The molecule has 0 unspecified atom stereocenters. The van der Waals surface area contributed by atoms with Crippen molar-refractivity contribution in [3.8, 4) is 0 Å². The van der Waals surface area contributed by atoms with Crippen molar-refractivity contribution in [2.45, 2.75) is 38.1 Å². The summed E-state index contributed by atoms with van der Waals surface area (Å²) >= 11 is 0. The maximum Gasteiger partial charge on any atom is 0.255 e. The molecule has 0 bridgehead atoms. The molecular formula is C18H20FN3O. The standard InChI is InChI=1S/C18H20FN3O/c19-15-10-4-5-11-16(15)22-17-14(9-6-12-20-17)18(23)21-13-7-2-1-3-8-13/h4-6,9-13H,1-3,7-8H2,(H,20,22)(H,21,23). The molecule has 0 aliphatic heterocycles. The number of halogens is 1. The van der Waals surface area contributed by atoms with Crippen LogP contribution in [0.25, 0.3) is 0 Å². The minimum Gasteiger partial charge on any atom is -0.349 e. The third-order valence-corrected chi connectivity index (χ3v) is 4.12. The molecule has 1 fully saturated rings. The van der Waals surface area contributed by atoms with Gasteiger partial charge in [0.2, 0.25) is 0 Å². The number of carbonyl (C=O) groups is 1. The Balaban J connectivity index is 1.77. The number of carbonyl (C=O) groups excluding carboxylic acids is 1. The summed E-state index contributed by atoms with van der Waals surface area (Å²) < 4.78 is 13.8. The van der Waals surface area contributed by atoms with Crippen molar-refractivity contribution >= 4 is 17.4 Å². The van der Waals surface area contributed by atoms with Gasteiger partial charge in [-0.15, -0.1) is 0 Å². The van der Waals surface area contributed by atoms with Crippen LogP contribution in [-0.2, 0) is 0 Å². The van der Waals surface area contributed by atoms with Gasteiger partial charge in [-0.3, -0.25) is 4.79 Å². The zero-order valence-electron chi connectivity index (χ0n) is 12.9. The molecule has 0 atom stereocenters. The lowest BCUT2D eigenvalue weighted by molar-refractivity contribution is 0.0928. The molecule has 1 aromatic heterocycles. The molecule has 1 aliphatic carbocycles. The van der Waals surface area contributed by atoms with Crippen LogP contribution in [0.2, 0.25) is 0 Å². The van der Waals surface area contributed by atoms with Gasteiger partial charge >= 0.3 is 0 Å². The molecule has 5 heteroatoms. The molecule has 1 saturated carbocycles. The van der Waals surface area contributed by atoms with Gasteiger partial charge in [0.25, 0.3) is 5.91 Å². The molecule has 2 aromatic rings. The summed E-state index contributed by atoms with van der Waals surface area (Å²) in [5, 5.41) is 5.98. The van der Waals surface area contributed by atoms with E-state index in [0.717, 1.165) is 25.7 Å². The number of rotatable bonds is 4. The van der Waals surface area contributed by atoms with Gasteiger partial charge in [-0.05, 0) is 37.1 Å². The Morgan fingerprint density at radius 2 is 1.87 bits per heavy atom. The van der Waals surface area contributed by atoms with E-state index in [1.165, 1.54) is 12.5 Å². The van der Waals surface area contributed by atoms with Gasteiger partial charge in [-0.2, -0.15) is 0 Å². The van der Waals surface area contributed by atoms with E-state index >= 15 is 0 Å². The molecule has 1 aliphatic rings. The first kappa shape index (κ1) is 15.5. The minimum absolute atomic E-state index is 0.163. The van der Waals surface area contributed by atoms with Gasteiger partial charge in [0.15, 0.2) is 0 Å². The maximum absolute atomic E-state index is 13.8. The largest absolute Gasteiger partial charge is 0.349 e. The third kappa shape index (κ3) is 3.86. The van der Waals surface area contributed by atoms with Gasteiger partial charge in [-0.1, -0.05) is 31.4 Å². The molecule has 0 radical (unpaired) electrons. The molecule has 0 spiro atoms. The zero-order valence-corrected chi connectivity index (χ0v) is 12.9. The number of hydrogen-bond donors (Lipinski definition) is 2. The van der Waals surface area contributed by atoms with Gasteiger partial charge in [0, 0.05) is 12.2 Å². The Morgan fingerprint density at radius 3 is 2.65 bits per heavy atom. The summed E-state index contributed by atoms with van der Waals surface area (Å²) in [5.74, 6) is -0.174. The monoisotopic (exact) mass is 313 g/mol. The molecule has 3 rings (SSSR count). The van der Waals surface area contributed by atoms with E-state index in [2.05, 4.69) is 15.6 Å². The smallest absolute Gasteiger partial charge is 0.255 e. The van der Waals surface area contributed by atoms with Crippen LogP contribution < -0.4 is 10.6 Å². The number of amides is 1. The Bertz CT molecular complexity index is 683. The number of para-hydroxylation sites is 1. The lowest BCUT2D eigenvalue weighted by atomic mass is 9.95.